The van der Waals surface area contributed by atoms with E-state index in [1.165, 1.54) is 5.56 Å². The molecule has 0 saturated carbocycles. The van der Waals surface area contributed by atoms with E-state index < -0.39 is 32.4 Å². The van der Waals surface area contributed by atoms with Crippen LogP contribution >= 0.6 is 20.8 Å². The lowest BCUT2D eigenvalue weighted by Crippen LogP contribution is -2.53. The Labute approximate surface area is 287 Å². The van der Waals surface area contributed by atoms with E-state index >= 15 is 0 Å². The van der Waals surface area contributed by atoms with Gasteiger partial charge in [0.25, 0.3) is 0 Å². The number of fused-ring (bicyclic) bond motifs is 3. The molecule has 48 heavy (non-hydrogen) atoms. The number of nitrogens with zero attached hydrogens (tertiary/aromatic N) is 1. The normalized spacial score (nSPS) is 21.8. The predicted octanol–water partition coefficient (Wildman–Crippen LogP) is 7.12. The van der Waals surface area contributed by atoms with Crippen molar-refractivity contribution in [3.63, 3.8) is 0 Å². The third-order valence-electron chi connectivity index (χ3n) is 9.37. The minimum atomic E-state index is -4.51. The molecule has 2 N–H and O–H groups in total. The monoisotopic (exact) mass is 703 g/mol. The van der Waals surface area contributed by atoms with Crippen LogP contribution in [0.1, 0.15) is 55.2 Å². The molecule has 3 aliphatic rings. The first-order chi connectivity index (χ1) is 22.7. The van der Waals surface area contributed by atoms with Crippen molar-refractivity contribution in [3.8, 4) is 11.1 Å². The van der Waals surface area contributed by atoms with E-state index in [1.54, 1.807) is 0 Å². The van der Waals surface area contributed by atoms with Crippen molar-refractivity contribution in [1.29, 1.82) is 0 Å². The number of likely N-dealkylation sites (tertiary alicyclic amines) is 1. The number of rotatable bonds is 11. The average molecular weight is 704 g/mol. The number of halogens is 4. The quantitative estimate of drug-likeness (QED) is 0.164. The summed E-state index contributed by atoms with van der Waals surface area (Å²) in [6, 6.07) is 24.7. The van der Waals surface area contributed by atoms with Gasteiger partial charge in [-0.15, -0.1) is 12.4 Å². The fourth-order valence-electron chi connectivity index (χ4n) is 7.15. The Morgan fingerprint density at radius 3 is 2.15 bits per heavy atom. The Kier molecular flexibility index (Phi) is 12.2. The van der Waals surface area contributed by atoms with Gasteiger partial charge >= 0.3 is 6.18 Å². The van der Waals surface area contributed by atoms with Crippen LogP contribution in [0.4, 0.5) is 13.2 Å². The second kappa shape index (κ2) is 16.1. The summed E-state index contributed by atoms with van der Waals surface area (Å²) in [6.45, 7) is 0.984. The zero-order valence-electron chi connectivity index (χ0n) is 26.7. The molecule has 6 rings (SSSR count). The summed E-state index contributed by atoms with van der Waals surface area (Å²) >= 11 is 0. The molecule has 3 aromatic rings. The molecule has 1 unspecified atom stereocenters. The van der Waals surface area contributed by atoms with Gasteiger partial charge in [-0.3, -0.25) is 14.5 Å². The summed E-state index contributed by atoms with van der Waals surface area (Å²) in [5, 5.41) is 5.33. The standard InChI is InChI=1S/C36H41F3N3O4P.ClH/c37-36(38,39)25-40-34(44)35(30-16-6-4-14-28(30)29-15-5-7-17-31(29)35)19-9-11-21-47-45-23-27(24-46-47)41-33(43)32-18-8-10-20-42(32)22-26-12-2-1-3-13-26;/h1-7,12-17,27,32H,8-11,18-25H2,(H,40,44)(H,41,43);1H. The van der Waals surface area contributed by atoms with Crippen LogP contribution in [0.25, 0.3) is 11.1 Å². The van der Waals surface area contributed by atoms with Crippen LogP contribution < -0.4 is 10.6 Å². The first kappa shape index (κ1) is 36.3. The number of hydrogen-bond acceptors (Lipinski definition) is 5. The van der Waals surface area contributed by atoms with E-state index in [-0.39, 0.29) is 30.4 Å². The predicted molar refractivity (Wildman–Crippen MR) is 183 cm³/mol. The summed E-state index contributed by atoms with van der Waals surface area (Å²) in [5.41, 5.74) is 3.18. The number of amides is 2. The smallest absolute Gasteiger partial charge is 0.347 e. The third kappa shape index (κ3) is 8.23. The van der Waals surface area contributed by atoms with Gasteiger partial charge < -0.3 is 19.7 Å². The highest BCUT2D eigenvalue weighted by atomic mass is 35.5. The molecule has 1 atom stereocenters. The molecule has 7 nitrogen and oxygen atoms in total. The number of nitrogens with one attached hydrogen (secondary N) is 2. The number of hydrogen-bond donors (Lipinski definition) is 2. The molecular formula is C36H42ClF3N3O4P. The van der Waals surface area contributed by atoms with Crippen LogP contribution in [0.5, 0.6) is 0 Å². The molecule has 258 valence electrons. The minimum absolute atomic E-state index is 0. The fourth-order valence-corrected chi connectivity index (χ4v) is 8.66. The average Bonchev–Trinajstić information content (AvgIpc) is 3.37. The Balaban J connectivity index is 0.00000451. The van der Waals surface area contributed by atoms with Crippen molar-refractivity contribution in [3.05, 3.63) is 95.6 Å². The van der Waals surface area contributed by atoms with Crippen molar-refractivity contribution in [1.82, 2.24) is 15.5 Å². The first-order valence-corrected chi connectivity index (χ1v) is 17.8. The summed E-state index contributed by atoms with van der Waals surface area (Å²) in [7, 11) is -1.17. The van der Waals surface area contributed by atoms with Gasteiger partial charge in [0, 0.05) is 12.7 Å². The summed E-state index contributed by atoms with van der Waals surface area (Å²) < 4.78 is 51.6. The lowest BCUT2D eigenvalue weighted by molar-refractivity contribution is -0.141. The fraction of sp³-hybridized carbons (Fsp3) is 0.444. The van der Waals surface area contributed by atoms with Gasteiger partial charge in [0.1, 0.15) is 12.0 Å². The van der Waals surface area contributed by atoms with Gasteiger partial charge in [-0.05, 0) is 60.0 Å². The van der Waals surface area contributed by atoms with Crippen molar-refractivity contribution >= 4 is 32.6 Å². The van der Waals surface area contributed by atoms with Gasteiger partial charge in [0.15, 0.2) is 8.38 Å². The number of alkyl halides is 3. The van der Waals surface area contributed by atoms with Crippen LogP contribution in [0.2, 0.25) is 0 Å². The molecule has 3 aromatic carbocycles. The van der Waals surface area contributed by atoms with Crippen molar-refractivity contribution < 1.29 is 31.8 Å². The third-order valence-corrected chi connectivity index (χ3v) is 10.9. The van der Waals surface area contributed by atoms with E-state index in [0.717, 1.165) is 54.6 Å². The molecule has 0 spiro atoms. The van der Waals surface area contributed by atoms with Crippen molar-refractivity contribution in [2.75, 3.05) is 32.5 Å². The van der Waals surface area contributed by atoms with Crippen molar-refractivity contribution in [2.45, 2.75) is 68.7 Å². The minimum Gasteiger partial charge on any atom is -0.347 e. The molecule has 0 radical (unpaired) electrons. The molecule has 2 saturated heterocycles. The SMILES string of the molecule is Cl.O=C(NC1COP(CCCCC2(C(=O)NCC(F)(F)F)c3ccccc3-c3ccccc32)OC1)C1CCCCN1Cc1ccccc1. The van der Waals surface area contributed by atoms with Gasteiger partial charge in [-0.2, -0.15) is 13.2 Å². The van der Waals surface area contributed by atoms with Gasteiger partial charge in [0.05, 0.1) is 25.3 Å². The van der Waals surface area contributed by atoms with Crippen LogP contribution in [-0.2, 0) is 30.6 Å². The molecule has 12 heteroatoms. The molecule has 2 fully saturated rings. The molecular weight excluding hydrogens is 662 g/mol. The van der Waals surface area contributed by atoms with E-state index in [4.69, 9.17) is 9.05 Å². The van der Waals surface area contributed by atoms with Gasteiger partial charge in [-0.25, -0.2) is 0 Å². The lowest BCUT2D eigenvalue weighted by Gasteiger charge is -2.36. The second-order valence-electron chi connectivity index (χ2n) is 12.6. The molecule has 2 heterocycles. The van der Waals surface area contributed by atoms with Crippen LogP contribution in [0, 0.1) is 0 Å². The maximum absolute atomic E-state index is 13.7. The summed E-state index contributed by atoms with van der Waals surface area (Å²) in [6.07, 6.45) is 0.668. The van der Waals surface area contributed by atoms with E-state index in [1.807, 2.05) is 66.7 Å². The number of carbonyl (C=O) groups excluding carboxylic acids is 2. The maximum atomic E-state index is 13.7. The number of carbonyl (C=O) groups is 2. The maximum Gasteiger partial charge on any atom is 0.405 e. The summed E-state index contributed by atoms with van der Waals surface area (Å²) in [5.74, 6) is -0.628. The van der Waals surface area contributed by atoms with E-state index in [2.05, 4.69) is 27.7 Å². The van der Waals surface area contributed by atoms with Gasteiger partial charge in [-0.1, -0.05) is 91.7 Å². The van der Waals surface area contributed by atoms with Crippen LogP contribution in [0.3, 0.4) is 0 Å². The van der Waals surface area contributed by atoms with Gasteiger partial charge in [0.2, 0.25) is 11.8 Å². The Bertz CT molecular complexity index is 1490. The zero-order chi connectivity index (χ0) is 32.9. The molecule has 0 bridgehead atoms. The topological polar surface area (TPSA) is 79.9 Å². The highest BCUT2D eigenvalue weighted by molar-refractivity contribution is 7.47. The zero-order valence-corrected chi connectivity index (χ0v) is 28.4. The van der Waals surface area contributed by atoms with E-state index in [0.29, 0.717) is 38.6 Å². The molecule has 1 aliphatic carbocycles. The summed E-state index contributed by atoms with van der Waals surface area (Å²) in [4.78, 5) is 29.2. The lowest BCUT2D eigenvalue weighted by atomic mass is 9.73. The number of piperidine rings is 1. The highest BCUT2D eigenvalue weighted by Crippen LogP contribution is 2.52. The first-order valence-electron chi connectivity index (χ1n) is 16.4. The second-order valence-corrected chi connectivity index (χ2v) is 14.2. The molecule has 2 amide bonds. The Morgan fingerprint density at radius 2 is 1.50 bits per heavy atom. The Morgan fingerprint density at radius 1 is 0.875 bits per heavy atom. The largest absolute Gasteiger partial charge is 0.405 e. The molecule has 2 aliphatic heterocycles. The van der Waals surface area contributed by atoms with Crippen molar-refractivity contribution in [2.24, 2.45) is 0 Å². The van der Waals surface area contributed by atoms with Crippen LogP contribution in [-0.4, -0.2) is 67.4 Å². The number of unbranched alkanes of at least 4 members (excludes halogenated alkanes) is 1. The number of benzene rings is 3. The molecule has 0 aromatic heterocycles. The van der Waals surface area contributed by atoms with E-state index in [9.17, 15) is 22.8 Å². The highest BCUT2D eigenvalue weighted by Gasteiger charge is 2.49. The van der Waals surface area contributed by atoms with Crippen LogP contribution in [0.15, 0.2) is 78.9 Å². The Hall–Kier alpha value is -3.01.